The number of halogens is 2. The van der Waals surface area contributed by atoms with Gasteiger partial charge < -0.3 is 15.0 Å². The van der Waals surface area contributed by atoms with Crippen molar-refractivity contribution in [3.63, 3.8) is 0 Å². The van der Waals surface area contributed by atoms with Crippen LogP contribution in [0.2, 0.25) is 10.0 Å². The van der Waals surface area contributed by atoms with Crippen molar-refractivity contribution in [1.82, 2.24) is 4.98 Å². The molecule has 0 aliphatic carbocycles. The molecule has 0 aliphatic rings. The lowest BCUT2D eigenvalue weighted by Crippen LogP contribution is -2.23. The molecule has 0 saturated carbocycles. The van der Waals surface area contributed by atoms with Gasteiger partial charge in [-0.05, 0) is 24.3 Å². The standard InChI is InChI=1S/C14H10Cl2N2O4/c1-22-14(21)7-2-3-10(16)11(4-7)18-13(20)9-5-8(15)6-17-12(9)19/h2-6H,1H3,(H,17,19)(H,18,20). The quantitative estimate of drug-likeness (QED) is 0.840. The van der Waals surface area contributed by atoms with Gasteiger partial charge in [0.25, 0.3) is 11.5 Å². The maximum atomic E-state index is 12.1. The van der Waals surface area contributed by atoms with E-state index >= 15 is 0 Å². The van der Waals surface area contributed by atoms with Crippen molar-refractivity contribution in [1.29, 1.82) is 0 Å². The van der Waals surface area contributed by atoms with Gasteiger partial charge in [0.2, 0.25) is 0 Å². The Balaban J connectivity index is 2.34. The van der Waals surface area contributed by atoms with Crippen molar-refractivity contribution in [2.75, 3.05) is 12.4 Å². The number of carbonyl (C=O) groups excluding carboxylic acids is 2. The molecule has 2 aromatic rings. The van der Waals surface area contributed by atoms with Crippen LogP contribution in [0.15, 0.2) is 35.3 Å². The molecule has 0 unspecified atom stereocenters. The molecule has 0 fully saturated rings. The summed E-state index contributed by atoms with van der Waals surface area (Å²) < 4.78 is 4.59. The summed E-state index contributed by atoms with van der Waals surface area (Å²) in [6.45, 7) is 0. The van der Waals surface area contributed by atoms with Crippen molar-refractivity contribution in [2.24, 2.45) is 0 Å². The van der Waals surface area contributed by atoms with Crippen LogP contribution < -0.4 is 10.9 Å². The zero-order valence-corrected chi connectivity index (χ0v) is 12.8. The average molecular weight is 341 g/mol. The van der Waals surface area contributed by atoms with E-state index in [9.17, 15) is 14.4 Å². The number of benzene rings is 1. The minimum absolute atomic E-state index is 0.174. The third kappa shape index (κ3) is 3.47. The number of aromatic amines is 1. The summed E-state index contributed by atoms with van der Waals surface area (Å²) >= 11 is 11.7. The smallest absolute Gasteiger partial charge is 0.337 e. The number of esters is 1. The average Bonchev–Trinajstić information content (AvgIpc) is 2.50. The van der Waals surface area contributed by atoms with E-state index in [0.717, 1.165) is 0 Å². The Morgan fingerprint density at radius 3 is 2.64 bits per heavy atom. The van der Waals surface area contributed by atoms with E-state index in [1.165, 1.54) is 37.6 Å². The van der Waals surface area contributed by atoms with Gasteiger partial charge in [-0.25, -0.2) is 4.79 Å². The largest absolute Gasteiger partial charge is 0.465 e. The molecule has 1 aromatic carbocycles. The highest BCUT2D eigenvalue weighted by Gasteiger charge is 2.15. The minimum Gasteiger partial charge on any atom is -0.465 e. The first-order valence-corrected chi connectivity index (χ1v) is 6.75. The third-order valence-corrected chi connectivity index (χ3v) is 3.30. The fraction of sp³-hybridized carbons (Fsp3) is 0.0714. The molecular formula is C14H10Cl2N2O4. The maximum Gasteiger partial charge on any atom is 0.337 e. The number of ether oxygens (including phenoxy) is 1. The second-order valence-electron chi connectivity index (χ2n) is 4.20. The Hall–Kier alpha value is -2.31. The molecule has 1 amide bonds. The van der Waals surface area contributed by atoms with Crippen LogP contribution >= 0.6 is 23.2 Å². The second-order valence-corrected chi connectivity index (χ2v) is 5.04. The molecule has 1 heterocycles. The van der Waals surface area contributed by atoms with Crippen molar-refractivity contribution in [2.45, 2.75) is 0 Å². The summed E-state index contributed by atoms with van der Waals surface area (Å²) in [6.07, 6.45) is 1.27. The molecule has 1 aromatic heterocycles. The molecule has 2 rings (SSSR count). The SMILES string of the molecule is COC(=O)c1ccc(Cl)c(NC(=O)c2cc(Cl)c[nH]c2=O)c1. The molecule has 0 bridgehead atoms. The van der Waals surface area contributed by atoms with Gasteiger partial charge in [-0.3, -0.25) is 9.59 Å². The van der Waals surface area contributed by atoms with Gasteiger partial charge in [-0.15, -0.1) is 0 Å². The van der Waals surface area contributed by atoms with Gasteiger partial charge in [0.15, 0.2) is 0 Å². The summed E-state index contributed by atoms with van der Waals surface area (Å²) in [4.78, 5) is 37.6. The monoisotopic (exact) mass is 340 g/mol. The Kier molecular flexibility index (Phi) is 4.85. The van der Waals surface area contributed by atoms with Gasteiger partial charge in [0.1, 0.15) is 5.56 Å². The summed E-state index contributed by atoms with van der Waals surface area (Å²) in [6, 6.07) is 5.47. The number of nitrogens with one attached hydrogen (secondary N) is 2. The lowest BCUT2D eigenvalue weighted by atomic mass is 10.2. The second kappa shape index (κ2) is 6.64. The van der Waals surface area contributed by atoms with Crippen molar-refractivity contribution in [3.05, 3.63) is 62.0 Å². The molecule has 0 spiro atoms. The molecule has 6 nitrogen and oxygen atoms in total. The highest BCUT2D eigenvalue weighted by molar-refractivity contribution is 6.34. The van der Waals surface area contributed by atoms with Crippen LogP contribution in [0.3, 0.4) is 0 Å². The van der Waals surface area contributed by atoms with Crippen molar-refractivity contribution >= 4 is 40.8 Å². The zero-order valence-electron chi connectivity index (χ0n) is 11.3. The van der Waals surface area contributed by atoms with Gasteiger partial charge in [-0.2, -0.15) is 0 Å². The molecule has 2 N–H and O–H groups in total. The van der Waals surface area contributed by atoms with E-state index in [4.69, 9.17) is 23.2 Å². The number of hydrogen-bond donors (Lipinski definition) is 2. The van der Waals surface area contributed by atoms with Crippen LogP contribution in [0, 0.1) is 0 Å². The summed E-state index contributed by atoms with van der Waals surface area (Å²) in [5, 5.41) is 2.87. The number of methoxy groups -OCH3 is 1. The van der Waals surface area contributed by atoms with Gasteiger partial charge >= 0.3 is 5.97 Å². The fourth-order valence-corrected chi connectivity index (χ4v) is 2.01. The van der Waals surface area contributed by atoms with E-state index in [1.807, 2.05) is 0 Å². The normalized spacial score (nSPS) is 10.1. The predicted molar refractivity (Wildman–Crippen MR) is 82.8 cm³/mol. The van der Waals surface area contributed by atoms with Crippen molar-refractivity contribution in [3.8, 4) is 0 Å². The molecule has 22 heavy (non-hydrogen) atoms. The topological polar surface area (TPSA) is 88.3 Å². The van der Waals surface area contributed by atoms with E-state index in [0.29, 0.717) is 0 Å². The first-order valence-electron chi connectivity index (χ1n) is 6.00. The molecule has 0 saturated heterocycles. The molecule has 0 atom stereocenters. The van der Waals surface area contributed by atoms with Gasteiger partial charge in [0, 0.05) is 6.20 Å². The van der Waals surface area contributed by atoms with Crippen LogP contribution in [0.25, 0.3) is 0 Å². The first-order chi connectivity index (χ1) is 10.4. The van der Waals surface area contributed by atoms with E-state index in [2.05, 4.69) is 15.0 Å². The molecule has 114 valence electrons. The molecular weight excluding hydrogens is 331 g/mol. The number of carbonyl (C=O) groups is 2. The fourth-order valence-electron chi connectivity index (χ4n) is 1.68. The maximum absolute atomic E-state index is 12.1. The number of hydrogen-bond acceptors (Lipinski definition) is 4. The van der Waals surface area contributed by atoms with Crippen LogP contribution in [0.5, 0.6) is 0 Å². The molecule has 0 radical (unpaired) electrons. The Labute approximate surface area is 135 Å². The number of anilines is 1. The first kappa shape index (κ1) is 16.1. The summed E-state index contributed by atoms with van der Waals surface area (Å²) in [5.41, 5.74) is -0.384. The predicted octanol–water partition coefficient (Wildman–Crippen LogP) is 2.72. The van der Waals surface area contributed by atoms with Gasteiger partial charge in [0.05, 0.1) is 28.4 Å². The van der Waals surface area contributed by atoms with Crippen LogP contribution in [-0.2, 0) is 4.74 Å². The third-order valence-electron chi connectivity index (χ3n) is 2.75. The van der Waals surface area contributed by atoms with E-state index < -0.39 is 17.4 Å². The highest BCUT2D eigenvalue weighted by Crippen LogP contribution is 2.24. The summed E-state index contributed by atoms with van der Waals surface area (Å²) in [5.74, 6) is -1.28. The number of aromatic nitrogens is 1. The highest BCUT2D eigenvalue weighted by atomic mass is 35.5. The number of amides is 1. The van der Waals surface area contributed by atoms with Crippen LogP contribution in [-0.4, -0.2) is 24.0 Å². The number of rotatable bonds is 3. The Morgan fingerprint density at radius 1 is 1.23 bits per heavy atom. The number of H-pyrrole nitrogens is 1. The molecule has 0 aliphatic heterocycles. The molecule has 8 heteroatoms. The van der Waals surface area contributed by atoms with Gasteiger partial charge in [-0.1, -0.05) is 23.2 Å². The van der Waals surface area contributed by atoms with Crippen LogP contribution in [0.4, 0.5) is 5.69 Å². The van der Waals surface area contributed by atoms with Crippen LogP contribution in [0.1, 0.15) is 20.7 Å². The summed E-state index contributed by atoms with van der Waals surface area (Å²) in [7, 11) is 1.24. The van der Waals surface area contributed by atoms with E-state index in [-0.39, 0.29) is 26.9 Å². The minimum atomic E-state index is -0.701. The lowest BCUT2D eigenvalue weighted by Gasteiger charge is -2.08. The Bertz CT molecular complexity index is 802. The van der Waals surface area contributed by atoms with E-state index in [1.54, 1.807) is 0 Å². The van der Waals surface area contributed by atoms with Crippen molar-refractivity contribution < 1.29 is 14.3 Å². The Morgan fingerprint density at radius 2 is 1.95 bits per heavy atom. The zero-order chi connectivity index (χ0) is 16.3. The number of pyridine rings is 1. The lowest BCUT2D eigenvalue weighted by molar-refractivity contribution is 0.0600.